The second kappa shape index (κ2) is 14.5. The number of aromatic nitrogens is 3. The quantitative estimate of drug-likeness (QED) is 0.293. The van der Waals surface area contributed by atoms with Crippen LogP contribution in [0.15, 0.2) is 14.4 Å². The maximum Gasteiger partial charge on any atom is 0.336 e. The minimum absolute atomic E-state index is 0.346. The first kappa shape index (κ1) is 24.5. The summed E-state index contributed by atoms with van der Waals surface area (Å²) < 4.78 is 3.70. The molecule has 156 valence electrons. The highest BCUT2D eigenvalue weighted by atomic mass is 32.1. The Hall–Kier alpha value is -0.540. The van der Waals surface area contributed by atoms with Gasteiger partial charge in [0, 0.05) is 19.6 Å². The van der Waals surface area contributed by atoms with Gasteiger partial charge < -0.3 is 0 Å². The highest BCUT2D eigenvalue weighted by molar-refractivity contribution is 7.80. The van der Waals surface area contributed by atoms with Crippen molar-refractivity contribution in [3.05, 3.63) is 31.5 Å². The van der Waals surface area contributed by atoms with Crippen molar-refractivity contribution in [3.63, 3.8) is 0 Å². The Bertz CT molecular complexity index is 587. The van der Waals surface area contributed by atoms with Crippen molar-refractivity contribution in [1.82, 2.24) is 13.7 Å². The first-order valence-electron chi connectivity index (χ1n) is 9.85. The second-order valence-corrected chi connectivity index (χ2v) is 8.00. The van der Waals surface area contributed by atoms with E-state index in [1.165, 1.54) is 13.7 Å². The van der Waals surface area contributed by atoms with Gasteiger partial charge in [0.25, 0.3) is 0 Å². The van der Waals surface area contributed by atoms with Gasteiger partial charge in [-0.05, 0) is 55.8 Å². The van der Waals surface area contributed by atoms with E-state index in [0.29, 0.717) is 19.6 Å². The summed E-state index contributed by atoms with van der Waals surface area (Å²) in [5.74, 6) is 2.36. The van der Waals surface area contributed by atoms with Crippen molar-refractivity contribution < 1.29 is 0 Å². The fourth-order valence-electron chi connectivity index (χ4n) is 2.93. The molecule has 0 saturated carbocycles. The minimum atomic E-state index is -0.478. The topological polar surface area (TPSA) is 66.0 Å². The Balaban J connectivity index is 3.09. The lowest BCUT2D eigenvalue weighted by molar-refractivity contribution is 0.417. The SMILES string of the molecule is O=c1n(CCCCCS)c(=O)n(CCCCCS)c(=O)n1CCCCCS. The maximum absolute atomic E-state index is 12.7. The molecule has 0 unspecified atom stereocenters. The molecule has 0 saturated heterocycles. The summed E-state index contributed by atoms with van der Waals surface area (Å²) in [6, 6.07) is 0. The van der Waals surface area contributed by atoms with Crippen molar-refractivity contribution in [1.29, 1.82) is 0 Å². The molecule has 0 aromatic carbocycles. The Labute approximate surface area is 177 Å². The maximum atomic E-state index is 12.7. The van der Waals surface area contributed by atoms with Crippen LogP contribution in [0.3, 0.4) is 0 Å². The Morgan fingerprint density at radius 1 is 0.444 bits per heavy atom. The summed E-state index contributed by atoms with van der Waals surface area (Å²) in [5.41, 5.74) is -1.44. The number of hydrogen-bond donors (Lipinski definition) is 3. The summed E-state index contributed by atoms with van der Waals surface area (Å²) in [5, 5.41) is 0. The van der Waals surface area contributed by atoms with E-state index >= 15 is 0 Å². The van der Waals surface area contributed by atoms with Crippen molar-refractivity contribution in [2.24, 2.45) is 0 Å². The van der Waals surface area contributed by atoms with E-state index < -0.39 is 17.1 Å². The molecule has 0 fully saturated rings. The zero-order chi connectivity index (χ0) is 20.1. The third-order valence-electron chi connectivity index (χ3n) is 4.50. The van der Waals surface area contributed by atoms with Gasteiger partial charge in [-0.2, -0.15) is 37.9 Å². The number of rotatable bonds is 15. The first-order valence-corrected chi connectivity index (χ1v) is 11.7. The molecule has 1 aromatic rings. The van der Waals surface area contributed by atoms with E-state index in [1.54, 1.807) is 0 Å². The van der Waals surface area contributed by atoms with Crippen LogP contribution in [0, 0.1) is 0 Å². The van der Waals surface area contributed by atoms with Crippen molar-refractivity contribution >= 4 is 37.9 Å². The van der Waals surface area contributed by atoms with E-state index in [-0.39, 0.29) is 0 Å². The van der Waals surface area contributed by atoms with Gasteiger partial charge >= 0.3 is 17.1 Å². The number of unbranched alkanes of at least 4 members (excludes halogenated alkanes) is 6. The molecule has 0 bridgehead atoms. The molecule has 0 radical (unpaired) electrons. The zero-order valence-electron chi connectivity index (χ0n) is 16.0. The lowest BCUT2D eigenvalue weighted by atomic mass is 10.2. The highest BCUT2D eigenvalue weighted by Crippen LogP contribution is 2.00. The molecule has 0 atom stereocenters. The predicted octanol–water partition coefficient (Wildman–Crippen LogP) is 2.47. The molecular weight excluding hydrogens is 402 g/mol. The summed E-state index contributed by atoms with van der Waals surface area (Å²) in [6.07, 6.45) is 7.72. The van der Waals surface area contributed by atoms with Crippen LogP contribution in [0.2, 0.25) is 0 Å². The van der Waals surface area contributed by atoms with Crippen LogP contribution in [0.1, 0.15) is 57.8 Å². The van der Waals surface area contributed by atoms with Gasteiger partial charge in [-0.15, -0.1) is 0 Å². The molecule has 6 nitrogen and oxygen atoms in total. The molecule has 0 N–H and O–H groups in total. The van der Waals surface area contributed by atoms with Crippen LogP contribution in [0.25, 0.3) is 0 Å². The molecule has 9 heteroatoms. The van der Waals surface area contributed by atoms with Gasteiger partial charge in [-0.1, -0.05) is 19.3 Å². The second-order valence-electron chi connectivity index (χ2n) is 6.66. The number of hydrogen-bond acceptors (Lipinski definition) is 6. The minimum Gasteiger partial charge on any atom is -0.247 e. The summed E-state index contributed by atoms with van der Waals surface area (Å²) in [4.78, 5) is 38.2. The Morgan fingerprint density at radius 3 is 0.926 bits per heavy atom. The summed E-state index contributed by atoms with van der Waals surface area (Å²) in [6.45, 7) is 1.04. The molecule has 0 spiro atoms. The van der Waals surface area contributed by atoms with Gasteiger partial charge in [-0.3, -0.25) is 0 Å². The van der Waals surface area contributed by atoms with Crippen molar-refractivity contribution in [2.45, 2.75) is 77.4 Å². The molecule has 1 rings (SSSR count). The van der Waals surface area contributed by atoms with Gasteiger partial charge in [0.15, 0.2) is 0 Å². The van der Waals surface area contributed by atoms with E-state index in [1.807, 2.05) is 0 Å². The summed E-state index contributed by atoms with van der Waals surface area (Å²) in [7, 11) is 0. The van der Waals surface area contributed by atoms with E-state index in [0.717, 1.165) is 75.0 Å². The van der Waals surface area contributed by atoms with E-state index in [2.05, 4.69) is 37.9 Å². The molecule has 0 aliphatic carbocycles. The van der Waals surface area contributed by atoms with Crippen LogP contribution < -0.4 is 17.1 Å². The van der Waals surface area contributed by atoms with E-state index in [9.17, 15) is 14.4 Å². The van der Waals surface area contributed by atoms with Gasteiger partial charge in [0.05, 0.1) is 0 Å². The molecular formula is C18H33N3O3S3. The van der Waals surface area contributed by atoms with Crippen molar-refractivity contribution in [3.8, 4) is 0 Å². The molecule has 0 amide bonds. The average Bonchev–Trinajstić information content (AvgIpc) is 2.66. The first-order chi connectivity index (χ1) is 13.1. The fraction of sp³-hybridized carbons (Fsp3) is 0.833. The third kappa shape index (κ3) is 8.15. The molecule has 0 aliphatic rings. The van der Waals surface area contributed by atoms with Gasteiger partial charge in [0.1, 0.15) is 0 Å². The standard InChI is InChI=1S/C18H33N3O3S3/c22-16-19(10-4-1-7-13-25)17(23)21(12-6-3-9-15-27)18(24)20(16)11-5-2-8-14-26/h25-27H,1-15H2. The number of thiol groups is 3. The fourth-order valence-corrected chi connectivity index (χ4v) is 3.60. The number of nitrogens with zero attached hydrogens (tertiary/aromatic N) is 3. The van der Waals surface area contributed by atoms with Crippen LogP contribution >= 0.6 is 37.9 Å². The van der Waals surface area contributed by atoms with Crippen LogP contribution in [0.5, 0.6) is 0 Å². The molecule has 27 heavy (non-hydrogen) atoms. The van der Waals surface area contributed by atoms with E-state index in [4.69, 9.17) is 0 Å². The lowest BCUT2D eigenvalue weighted by Crippen LogP contribution is -2.54. The largest absolute Gasteiger partial charge is 0.336 e. The van der Waals surface area contributed by atoms with Crippen LogP contribution in [-0.2, 0) is 19.6 Å². The van der Waals surface area contributed by atoms with Crippen LogP contribution in [-0.4, -0.2) is 31.0 Å². The monoisotopic (exact) mass is 435 g/mol. The third-order valence-corrected chi connectivity index (χ3v) is 5.45. The van der Waals surface area contributed by atoms with Gasteiger partial charge in [-0.25, -0.2) is 28.1 Å². The van der Waals surface area contributed by atoms with Crippen LogP contribution in [0.4, 0.5) is 0 Å². The van der Waals surface area contributed by atoms with Crippen molar-refractivity contribution in [2.75, 3.05) is 17.3 Å². The normalized spacial score (nSPS) is 11.2. The summed E-state index contributed by atoms with van der Waals surface area (Å²) >= 11 is 12.6. The molecule has 0 aliphatic heterocycles. The molecule has 1 heterocycles. The van der Waals surface area contributed by atoms with Gasteiger partial charge in [0.2, 0.25) is 0 Å². The smallest absolute Gasteiger partial charge is 0.247 e. The zero-order valence-corrected chi connectivity index (χ0v) is 18.7. The Morgan fingerprint density at radius 2 is 0.704 bits per heavy atom. The lowest BCUT2D eigenvalue weighted by Gasteiger charge is -2.14. The Kier molecular flexibility index (Phi) is 13.1. The molecule has 1 aromatic heterocycles. The predicted molar refractivity (Wildman–Crippen MR) is 122 cm³/mol. The highest BCUT2D eigenvalue weighted by Gasteiger charge is 2.15. The average molecular weight is 436 g/mol.